The van der Waals surface area contributed by atoms with Crippen molar-refractivity contribution in [3.05, 3.63) is 71.8 Å². The quantitative estimate of drug-likeness (QED) is 0.750. The van der Waals surface area contributed by atoms with Crippen LogP contribution in [0.3, 0.4) is 0 Å². The third-order valence-corrected chi connectivity index (χ3v) is 6.92. The van der Waals surface area contributed by atoms with E-state index in [0.29, 0.717) is 20.7 Å². The van der Waals surface area contributed by atoms with Crippen molar-refractivity contribution in [1.29, 1.82) is 0 Å². The summed E-state index contributed by atoms with van der Waals surface area (Å²) in [4.78, 5) is 12.5. The zero-order valence-corrected chi connectivity index (χ0v) is 13.8. The number of rotatable bonds is 5. The van der Waals surface area contributed by atoms with E-state index in [1.54, 1.807) is 0 Å². The van der Waals surface area contributed by atoms with Crippen LogP contribution in [-0.2, 0) is 15.5 Å². The molecule has 1 atom stereocenters. The molecule has 0 aromatic heterocycles. The molecule has 0 N–H and O–H groups in total. The SMILES string of the molecule is O=C1CCCC1(C[Se]Cc1ccccc1)c1ccccc1. The number of ketones is 1. The minimum absolute atomic E-state index is 0.184. The Bertz CT molecular complexity index is 593. The van der Waals surface area contributed by atoms with Gasteiger partial charge in [-0.25, -0.2) is 0 Å². The van der Waals surface area contributed by atoms with Crippen LogP contribution in [0.2, 0.25) is 5.32 Å². The Kier molecular flexibility index (Phi) is 4.57. The van der Waals surface area contributed by atoms with Crippen molar-refractivity contribution in [2.24, 2.45) is 0 Å². The first-order chi connectivity index (χ1) is 10.3. The predicted molar refractivity (Wildman–Crippen MR) is 87.7 cm³/mol. The van der Waals surface area contributed by atoms with Crippen LogP contribution in [0.5, 0.6) is 0 Å². The first-order valence-corrected chi connectivity index (χ1v) is 9.94. The summed E-state index contributed by atoms with van der Waals surface area (Å²) in [6.07, 6.45) is 2.85. The van der Waals surface area contributed by atoms with Gasteiger partial charge < -0.3 is 0 Å². The summed E-state index contributed by atoms with van der Waals surface area (Å²) in [5.41, 5.74) is 2.45. The molecule has 0 spiro atoms. The summed E-state index contributed by atoms with van der Waals surface area (Å²) >= 11 is 0.469. The third kappa shape index (κ3) is 3.12. The van der Waals surface area contributed by atoms with Crippen LogP contribution in [0.25, 0.3) is 0 Å². The van der Waals surface area contributed by atoms with Crippen molar-refractivity contribution in [1.82, 2.24) is 0 Å². The topological polar surface area (TPSA) is 17.1 Å². The third-order valence-electron chi connectivity index (χ3n) is 4.33. The van der Waals surface area contributed by atoms with Crippen molar-refractivity contribution >= 4 is 20.7 Å². The van der Waals surface area contributed by atoms with Gasteiger partial charge >= 0.3 is 133 Å². The fourth-order valence-electron chi connectivity index (χ4n) is 3.15. The van der Waals surface area contributed by atoms with E-state index in [1.807, 2.05) is 6.07 Å². The second-order valence-electron chi connectivity index (χ2n) is 5.70. The fourth-order valence-corrected chi connectivity index (χ4v) is 5.98. The van der Waals surface area contributed by atoms with E-state index in [-0.39, 0.29) is 5.41 Å². The van der Waals surface area contributed by atoms with Gasteiger partial charge in [0.15, 0.2) is 0 Å². The molecule has 108 valence electrons. The summed E-state index contributed by atoms with van der Waals surface area (Å²) in [5, 5.41) is 2.16. The molecule has 0 saturated heterocycles. The Labute approximate surface area is 132 Å². The summed E-state index contributed by atoms with van der Waals surface area (Å²) in [5.74, 6) is 0.462. The van der Waals surface area contributed by atoms with Crippen LogP contribution < -0.4 is 0 Å². The van der Waals surface area contributed by atoms with E-state index >= 15 is 0 Å². The number of hydrogen-bond acceptors (Lipinski definition) is 1. The second-order valence-corrected chi connectivity index (χ2v) is 7.77. The molecule has 1 fully saturated rings. The fraction of sp³-hybridized carbons (Fsp3) is 0.316. The minimum atomic E-state index is -0.184. The van der Waals surface area contributed by atoms with Crippen molar-refractivity contribution in [3.8, 4) is 0 Å². The first-order valence-electron chi connectivity index (χ1n) is 7.52. The molecule has 0 radical (unpaired) electrons. The van der Waals surface area contributed by atoms with Gasteiger partial charge in [0.2, 0.25) is 0 Å². The van der Waals surface area contributed by atoms with Gasteiger partial charge in [0, 0.05) is 0 Å². The van der Waals surface area contributed by atoms with E-state index in [1.165, 1.54) is 11.1 Å². The predicted octanol–water partition coefficient (Wildman–Crippen LogP) is 4.00. The van der Waals surface area contributed by atoms with Crippen LogP contribution in [-0.4, -0.2) is 20.7 Å². The summed E-state index contributed by atoms with van der Waals surface area (Å²) in [6.45, 7) is 0. The monoisotopic (exact) mass is 344 g/mol. The van der Waals surface area contributed by atoms with Gasteiger partial charge in [-0.3, -0.25) is 0 Å². The average molecular weight is 343 g/mol. The van der Waals surface area contributed by atoms with Crippen LogP contribution in [0.1, 0.15) is 30.4 Å². The van der Waals surface area contributed by atoms with Gasteiger partial charge in [0.25, 0.3) is 0 Å². The molecule has 0 heterocycles. The van der Waals surface area contributed by atoms with Gasteiger partial charge in [0.1, 0.15) is 0 Å². The zero-order chi connectivity index (χ0) is 14.5. The Morgan fingerprint density at radius 2 is 1.62 bits per heavy atom. The molecule has 0 bridgehead atoms. The maximum atomic E-state index is 12.5. The van der Waals surface area contributed by atoms with Gasteiger partial charge in [-0.2, -0.15) is 0 Å². The van der Waals surface area contributed by atoms with Crippen LogP contribution in [0, 0.1) is 0 Å². The molecule has 2 aromatic carbocycles. The molecule has 2 aromatic rings. The van der Waals surface area contributed by atoms with Gasteiger partial charge in [-0.05, 0) is 0 Å². The molecule has 1 aliphatic rings. The molecular formula is C19H20OSe. The van der Waals surface area contributed by atoms with Crippen molar-refractivity contribution in [3.63, 3.8) is 0 Å². The number of Topliss-reactive ketones (excluding diaryl/α,β-unsaturated/α-hetero) is 1. The molecule has 2 heteroatoms. The van der Waals surface area contributed by atoms with Gasteiger partial charge in [0.05, 0.1) is 0 Å². The molecule has 21 heavy (non-hydrogen) atoms. The van der Waals surface area contributed by atoms with E-state index < -0.39 is 0 Å². The van der Waals surface area contributed by atoms with Crippen LogP contribution in [0.15, 0.2) is 60.7 Å². The molecule has 1 saturated carbocycles. The first kappa shape index (κ1) is 14.6. The standard InChI is InChI=1S/C19H20OSe/c20-18-12-7-13-19(18,17-10-5-2-6-11-17)15-21-14-16-8-3-1-4-9-16/h1-6,8-11H,7,12-15H2. The summed E-state index contributed by atoms with van der Waals surface area (Å²) in [7, 11) is 0. The molecule has 0 aliphatic heterocycles. The number of carbonyl (C=O) groups is 1. The number of benzene rings is 2. The maximum absolute atomic E-state index is 12.5. The Balaban J connectivity index is 1.74. The van der Waals surface area contributed by atoms with Gasteiger partial charge in [-0.1, -0.05) is 0 Å². The van der Waals surface area contributed by atoms with Crippen molar-refractivity contribution < 1.29 is 4.79 Å². The van der Waals surface area contributed by atoms with Gasteiger partial charge in [-0.15, -0.1) is 0 Å². The summed E-state index contributed by atoms with van der Waals surface area (Å²) in [6, 6.07) is 21.1. The Hall–Kier alpha value is -1.37. The van der Waals surface area contributed by atoms with E-state index in [0.717, 1.165) is 29.9 Å². The van der Waals surface area contributed by atoms with Crippen LogP contribution in [0.4, 0.5) is 0 Å². The molecule has 1 unspecified atom stereocenters. The van der Waals surface area contributed by atoms with E-state index in [4.69, 9.17) is 0 Å². The van der Waals surface area contributed by atoms with Crippen molar-refractivity contribution in [2.45, 2.75) is 35.3 Å². The number of hydrogen-bond donors (Lipinski definition) is 0. The Morgan fingerprint density at radius 3 is 2.24 bits per heavy atom. The average Bonchev–Trinajstić information content (AvgIpc) is 2.91. The molecule has 1 aliphatic carbocycles. The number of carbonyl (C=O) groups excluding carboxylic acids is 1. The Morgan fingerprint density at radius 1 is 0.952 bits per heavy atom. The zero-order valence-electron chi connectivity index (χ0n) is 12.1. The second kappa shape index (κ2) is 6.60. The molecule has 3 rings (SSSR count). The molecule has 1 nitrogen and oxygen atoms in total. The summed E-state index contributed by atoms with van der Waals surface area (Å²) < 4.78 is 0. The van der Waals surface area contributed by atoms with E-state index in [2.05, 4.69) is 54.6 Å². The van der Waals surface area contributed by atoms with E-state index in [9.17, 15) is 4.79 Å². The van der Waals surface area contributed by atoms with Crippen LogP contribution >= 0.6 is 0 Å². The van der Waals surface area contributed by atoms with Crippen molar-refractivity contribution in [2.75, 3.05) is 0 Å². The normalized spacial score (nSPS) is 21.6. The molecular weight excluding hydrogens is 323 g/mol. The molecule has 0 amide bonds.